The number of aliphatic carboxylic acids is 2. The van der Waals surface area contributed by atoms with Gasteiger partial charge in [0.15, 0.2) is 0 Å². The molecule has 0 aliphatic heterocycles. The maximum atomic E-state index is 11.8. The topological polar surface area (TPSA) is 99.0 Å². The lowest BCUT2D eigenvalue weighted by Gasteiger charge is -2.34. The summed E-state index contributed by atoms with van der Waals surface area (Å²) in [5, 5.41) is 22.5. The molecule has 1 saturated carbocycles. The molecule has 0 heterocycles. The molecule has 0 spiro atoms. The monoisotopic (exact) mass is 352 g/mol. The van der Waals surface area contributed by atoms with E-state index in [9.17, 15) is 19.8 Å². The van der Waals surface area contributed by atoms with Gasteiger partial charge in [-0.25, -0.2) is 0 Å². The third-order valence-corrected chi connectivity index (χ3v) is 4.58. The molecule has 6 nitrogen and oxygen atoms in total. The van der Waals surface area contributed by atoms with Gasteiger partial charge in [0.25, 0.3) is 0 Å². The third kappa shape index (κ3) is 4.08. The van der Waals surface area contributed by atoms with E-state index in [1.807, 2.05) is 48.5 Å². The molecular weight excluding hydrogens is 332 g/mol. The molecule has 3 atom stereocenters. The lowest BCUT2D eigenvalue weighted by atomic mass is 9.76. The van der Waals surface area contributed by atoms with Crippen molar-refractivity contribution in [1.29, 1.82) is 0 Å². The maximum Gasteiger partial charge on any atom is 0.312 e. The summed E-state index contributed by atoms with van der Waals surface area (Å²) >= 11 is 0. The van der Waals surface area contributed by atoms with Crippen molar-refractivity contribution < 1.29 is 19.8 Å². The average Bonchev–Trinajstić information content (AvgIpc) is 2.64. The van der Waals surface area contributed by atoms with Crippen LogP contribution in [-0.2, 0) is 9.59 Å². The summed E-state index contributed by atoms with van der Waals surface area (Å²) in [7, 11) is 0. The van der Waals surface area contributed by atoms with Gasteiger partial charge in [-0.05, 0) is 30.7 Å². The minimum absolute atomic E-state index is 0.103. The van der Waals surface area contributed by atoms with E-state index in [0.717, 1.165) is 5.69 Å². The van der Waals surface area contributed by atoms with Crippen molar-refractivity contribution in [1.82, 2.24) is 0 Å². The Balaban J connectivity index is 1.89. The summed E-state index contributed by atoms with van der Waals surface area (Å²) < 4.78 is 0. The van der Waals surface area contributed by atoms with E-state index in [4.69, 9.17) is 0 Å². The molecule has 0 saturated heterocycles. The van der Waals surface area contributed by atoms with Gasteiger partial charge in [0, 0.05) is 23.9 Å². The average molecular weight is 352 g/mol. The second kappa shape index (κ2) is 7.82. The van der Waals surface area contributed by atoms with Gasteiger partial charge in [0.05, 0.1) is 17.5 Å². The SMILES string of the molecule is O=C(O)C1CC(Nc2ccccc2)C(C(=O)O)CC1=Nc1ccccc1. The van der Waals surface area contributed by atoms with Crippen LogP contribution in [0.5, 0.6) is 0 Å². The third-order valence-electron chi connectivity index (χ3n) is 4.58. The van der Waals surface area contributed by atoms with E-state index in [-0.39, 0.29) is 12.8 Å². The molecule has 0 bridgehead atoms. The Bertz CT molecular complexity index is 805. The summed E-state index contributed by atoms with van der Waals surface area (Å²) in [6, 6.07) is 17.8. The van der Waals surface area contributed by atoms with Crippen LogP contribution < -0.4 is 5.32 Å². The second-order valence-electron chi connectivity index (χ2n) is 6.33. The van der Waals surface area contributed by atoms with Gasteiger partial charge in [-0.2, -0.15) is 0 Å². The van der Waals surface area contributed by atoms with Crippen LogP contribution in [0.2, 0.25) is 0 Å². The number of anilines is 1. The van der Waals surface area contributed by atoms with Crippen LogP contribution in [0, 0.1) is 11.8 Å². The second-order valence-corrected chi connectivity index (χ2v) is 6.33. The van der Waals surface area contributed by atoms with Gasteiger partial charge >= 0.3 is 11.9 Å². The fourth-order valence-corrected chi connectivity index (χ4v) is 3.27. The predicted molar refractivity (Wildman–Crippen MR) is 98.9 cm³/mol. The number of benzene rings is 2. The molecule has 6 heteroatoms. The highest BCUT2D eigenvalue weighted by Gasteiger charge is 2.41. The zero-order valence-electron chi connectivity index (χ0n) is 14.1. The van der Waals surface area contributed by atoms with Gasteiger partial charge in [-0.3, -0.25) is 14.6 Å². The van der Waals surface area contributed by atoms with Crippen molar-refractivity contribution in [2.24, 2.45) is 16.8 Å². The van der Waals surface area contributed by atoms with Crippen LogP contribution in [-0.4, -0.2) is 33.9 Å². The first-order valence-corrected chi connectivity index (χ1v) is 8.44. The quantitative estimate of drug-likeness (QED) is 0.765. The molecule has 134 valence electrons. The molecule has 3 unspecified atom stereocenters. The van der Waals surface area contributed by atoms with E-state index in [0.29, 0.717) is 11.4 Å². The minimum atomic E-state index is -0.983. The smallest absolute Gasteiger partial charge is 0.312 e. The van der Waals surface area contributed by atoms with E-state index >= 15 is 0 Å². The number of para-hydroxylation sites is 2. The van der Waals surface area contributed by atoms with Crippen LogP contribution in [0.1, 0.15) is 12.8 Å². The number of carboxylic acids is 2. The highest BCUT2D eigenvalue weighted by molar-refractivity contribution is 6.05. The Kier molecular flexibility index (Phi) is 5.31. The maximum absolute atomic E-state index is 11.8. The molecule has 1 fully saturated rings. The Morgan fingerprint density at radius 3 is 2.12 bits per heavy atom. The first kappa shape index (κ1) is 17.7. The highest BCUT2D eigenvalue weighted by atomic mass is 16.4. The summed E-state index contributed by atoms with van der Waals surface area (Å²) in [6.07, 6.45) is 0.276. The number of carboxylic acid groups (broad SMARTS) is 2. The molecule has 0 aromatic heterocycles. The van der Waals surface area contributed by atoms with Crippen molar-refractivity contribution in [3.8, 4) is 0 Å². The van der Waals surface area contributed by atoms with Crippen LogP contribution >= 0.6 is 0 Å². The number of nitrogens with zero attached hydrogens (tertiary/aromatic N) is 1. The van der Waals surface area contributed by atoms with Crippen molar-refractivity contribution in [2.45, 2.75) is 18.9 Å². The van der Waals surface area contributed by atoms with Crippen molar-refractivity contribution in [3.63, 3.8) is 0 Å². The molecular formula is C20H20N2O4. The van der Waals surface area contributed by atoms with Crippen molar-refractivity contribution in [3.05, 3.63) is 60.7 Å². The lowest BCUT2D eigenvalue weighted by molar-refractivity contribution is -0.145. The zero-order chi connectivity index (χ0) is 18.5. The number of aliphatic imine (C=N–C) groups is 1. The Labute approximate surface area is 151 Å². The summed E-state index contributed by atoms with van der Waals surface area (Å²) in [5.74, 6) is -3.49. The molecule has 0 amide bonds. The van der Waals surface area contributed by atoms with Gasteiger partial charge in [0.1, 0.15) is 0 Å². The van der Waals surface area contributed by atoms with E-state index < -0.39 is 29.8 Å². The van der Waals surface area contributed by atoms with Crippen LogP contribution in [0.3, 0.4) is 0 Å². The summed E-state index contributed by atoms with van der Waals surface area (Å²) in [5.41, 5.74) is 1.81. The molecule has 2 aromatic carbocycles. The van der Waals surface area contributed by atoms with E-state index in [1.165, 1.54) is 0 Å². The Hall–Kier alpha value is -3.15. The predicted octanol–water partition coefficient (Wildman–Crippen LogP) is 3.44. The summed E-state index contributed by atoms with van der Waals surface area (Å²) in [6.45, 7) is 0. The van der Waals surface area contributed by atoms with Crippen molar-refractivity contribution in [2.75, 3.05) is 5.32 Å². The molecule has 2 aromatic rings. The normalized spacial score (nSPS) is 24.2. The number of rotatable bonds is 5. The highest BCUT2D eigenvalue weighted by Crippen LogP contribution is 2.32. The molecule has 26 heavy (non-hydrogen) atoms. The van der Waals surface area contributed by atoms with Gasteiger partial charge in [-0.1, -0.05) is 36.4 Å². The molecule has 3 rings (SSSR count). The number of hydrogen-bond donors (Lipinski definition) is 3. The van der Waals surface area contributed by atoms with Gasteiger partial charge in [0.2, 0.25) is 0 Å². The zero-order valence-corrected chi connectivity index (χ0v) is 14.1. The molecule has 3 N–H and O–H groups in total. The van der Waals surface area contributed by atoms with Crippen LogP contribution in [0.15, 0.2) is 65.7 Å². The van der Waals surface area contributed by atoms with E-state index in [1.54, 1.807) is 12.1 Å². The Morgan fingerprint density at radius 1 is 0.923 bits per heavy atom. The van der Waals surface area contributed by atoms with Crippen LogP contribution in [0.4, 0.5) is 11.4 Å². The van der Waals surface area contributed by atoms with Gasteiger partial charge in [-0.15, -0.1) is 0 Å². The largest absolute Gasteiger partial charge is 0.481 e. The number of nitrogens with one attached hydrogen (secondary N) is 1. The molecule has 1 aliphatic carbocycles. The first-order valence-electron chi connectivity index (χ1n) is 8.44. The standard InChI is InChI=1S/C20H20N2O4/c23-19(24)15-12-18(22-14-9-5-2-6-10-14)16(20(25)26)11-17(15)21-13-7-3-1-4-8-13/h1-10,15-17,21H,11-12H2,(H,23,24)(H,25,26). The van der Waals surface area contributed by atoms with Gasteiger partial charge < -0.3 is 15.5 Å². The fourth-order valence-electron chi connectivity index (χ4n) is 3.27. The minimum Gasteiger partial charge on any atom is -0.481 e. The fraction of sp³-hybridized carbons (Fsp3) is 0.250. The lowest BCUT2D eigenvalue weighted by Crippen LogP contribution is -2.46. The Morgan fingerprint density at radius 2 is 1.54 bits per heavy atom. The van der Waals surface area contributed by atoms with E-state index in [2.05, 4.69) is 10.3 Å². The number of hydrogen-bond acceptors (Lipinski definition) is 4. The van der Waals surface area contributed by atoms with Crippen molar-refractivity contribution >= 4 is 29.0 Å². The molecule has 0 radical (unpaired) electrons. The summed E-state index contributed by atoms with van der Waals surface area (Å²) in [4.78, 5) is 28.0. The van der Waals surface area contributed by atoms with Crippen LogP contribution in [0.25, 0.3) is 0 Å². The number of carbonyl (C=O) groups is 2. The first-order chi connectivity index (χ1) is 12.5. The molecule has 1 aliphatic rings.